The van der Waals surface area contributed by atoms with Crippen LogP contribution < -0.4 is 16.6 Å². The number of rotatable bonds is 0. The van der Waals surface area contributed by atoms with Crippen molar-refractivity contribution < 1.29 is 0 Å². The lowest BCUT2D eigenvalue weighted by molar-refractivity contribution is 0.232. The Morgan fingerprint density at radius 2 is 2.44 bits per heavy atom. The van der Waals surface area contributed by atoms with Gasteiger partial charge in [0.2, 0.25) is 0 Å². The summed E-state index contributed by atoms with van der Waals surface area (Å²) in [6, 6.07) is 0. The molecule has 4 nitrogen and oxygen atoms in total. The first-order valence-electron chi connectivity index (χ1n) is 2.91. The molecule has 0 aliphatic carbocycles. The summed E-state index contributed by atoms with van der Waals surface area (Å²) in [7, 11) is 1.93. The van der Waals surface area contributed by atoms with Crippen LogP contribution in [0.3, 0.4) is 0 Å². The Kier molecular flexibility index (Phi) is 1.48. The van der Waals surface area contributed by atoms with E-state index in [1.807, 2.05) is 18.9 Å². The number of hydrazine groups is 1. The van der Waals surface area contributed by atoms with Gasteiger partial charge in [-0.05, 0) is 6.92 Å². The van der Waals surface area contributed by atoms with Gasteiger partial charge in [-0.3, -0.25) is 0 Å². The number of nitrogens with one attached hydrogen (secondary N) is 2. The van der Waals surface area contributed by atoms with E-state index < -0.39 is 0 Å². The van der Waals surface area contributed by atoms with Crippen LogP contribution in [0.2, 0.25) is 0 Å². The van der Waals surface area contributed by atoms with Gasteiger partial charge in [-0.1, -0.05) is 0 Å². The average molecular weight is 128 g/mol. The molecule has 1 atom stereocenters. The van der Waals surface area contributed by atoms with E-state index >= 15 is 0 Å². The molecule has 0 aromatic carbocycles. The smallest absolute Gasteiger partial charge is 0.117 e. The topological polar surface area (TPSA) is 53.3 Å². The molecule has 4 heteroatoms. The maximum absolute atomic E-state index is 5.55. The van der Waals surface area contributed by atoms with Gasteiger partial charge in [-0.15, -0.1) is 0 Å². The minimum atomic E-state index is 0.259. The summed E-state index contributed by atoms with van der Waals surface area (Å²) in [5.74, 6) is 0.751. The summed E-state index contributed by atoms with van der Waals surface area (Å²) in [6.45, 7) is 2.02. The second kappa shape index (κ2) is 2.14. The van der Waals surface area contributed by atoms with E-state index in [1.165, 1.54) is 0 Å². The summed E-state index contributed by atoms with van der Waals surface area (Å²) in [5.41, 5.74) is 11.4. The molecule has 0 spiro atoms. The molecule has 0 radical (unpaired) electrons. The van der Waals surface area contributed by atoms with Crippen LogP contribution in [-0.2, 0) is 0 Å². The first-order chi connectivity index (χ1) is 4.22. The molecule has 0 saturated carbocycles. The number of nitrogens with zero attached hydrogens (tertiary/aromatic N) is 1. The molecule has 4 N–H and O–H groups in total. The maximum atomic E-state index is 5.55. The normalized spacial score (nSPS) is 27.1. The summed E-state index contributed by atoms with van der Waals surface area (Å²) < 4.78 is 0. The van der Waals surface area contributed by atoms with Crippen molar-refractivity contribution in [3.8, 4) is 0 Å². The van der Waals surface area contributed by atoms with E-state index in [9.17, 15) is 0 Å². The fourth-order valence-electron chi connectivity index (χ4n) is 0.658. The molecular formula is C5H12N4. The van der Waals surface area contributed by atoms with E-state index in [0.717, 1.165) is 5.82 Å². The predicted molar refractivity (Wildman–Crippen MR) is 35.8 cm³/mol. The summed E-state index contributed by atoms with van der Waals surface area (Å²) in [4.78, 5) is 1.94. The molecule has 52 valence electrons. The van der Waals surface area contributed by atoms with Gasteiger partial charge in [-0.2, -0.15) is 0 Å². The van der Waals surface area contributed by atoms with E-state index in [-0.39, 0.29) is 6.17 Å². The molecule has 1 heterocycles. The van der Waals surface area contributed by atoms with Gasteiger partial charge < -0.3 is 16.1 Å². The van der Waals surface area contributed by atoms with Crippen molar-refractivity contribution in [2.45, 2.75) is 13.1 Å². The fraction of sp³-hybridized carbons (Fsp3) is 0.600. The standard InChI is InChI=1S/C5H12N4/c1-4-8-7-3-5(6)9(4)2/h3-4,7-8H,6H2,1-2H3. The van der Waals surface area contributed by atoms with Crippen LogP contribution in [0.1, 0.15) is 6.92 Å². The lowest BCUT2D eigenvalue weighted by atomic mass is 10.4. The van der Waals surface area contributed by atoms with Crippen LogP contribution in [0.5, 0.6) is 0 Å². The highest BCUT2D eigenvalue weighted by molar-refractivity contribution is 4.97. The molecule has 0 amide bonds. The molecule has 0 aromatic rings. The molecule has 1 aliphatic heterocycles. The SMILES string of the molecule is CC1NNC=C(N)N1C. The Hall–Kier alpha value is -0.900. The highest BCUT2D eigenvalue weighted by Crippen LogP contribution is 1.99. The highest BCUT2D eigenvalue weighted by atomic mass is 15.5. The summed E-state index contributed by atoms with van der Waals surface area (Å²) in [5, 5.41) is 0. The zero-order valence-electron chi connectivity index (χ0n) is 5.68. The highest BCUT2D eigenvalue weighted by Gasteiger charge is 2.11. The minimum Gasteiger partial charge on any atom is -0.384 e. The monoisotopic (exact) mass is 128 g/mol. The van der Waals surface area contributed by atoms with Crippen LogP contribution in [0.4, 0.5) is 0 Å². The quantitative estimate of drug-likeness (QED) is 0.397. The molecule has 1 unspecified atom stereocenters. The molecule has 0 bridgehead atoms. The maximum Gasteiger partial charge on any atom is 0.117 e. The first kappa shape index (κ1) is 6.22. The lowest BCUT2D eigenvalue weighted by Crippen LogP contribution is -2.51. The third kappa shape index (κ3) is 1.08. The van der Waals surface area contributed by atoms with E-state index in [0.29, 0.717) is 0 Å². The van der Waals surface area contributed by atoms with Crippen molar-refractivity contribution in [2.24, 2.45) is 5.73 Å². The zero-order chi connectivity index (χ0) is 6.85. The van der Waals surface area contributed by atoms with Gasteiger partial charge in [0.15, 0.2) is 0 Å². The van der Waals surface area contributed by atoms with E-state index in [2.05, 4.69) is 10.9 Å². The van der Waals surface area contributed by atoms with E-state index in [1.54, 1.807) is 6.20 Å². The van der Waals surface area contributed by atoms with Crippen molar-refractivity contribution in [3.63, 3.8) is 0 Å². The Bertz CT molecular complexity index is 131. The summed E-state index contributed by atoms with van der Waals surface area (Å²) >= 11 is 0. The van der Waals surface area contributed by atoms with Gasteiger partial charge in [-0.25, -0.2) is 5.43 Å². The second-order valence-corrected chi connectivity index (χ2v) is 2.14. The Labute approximate surface area is 54.7 Å². The van der Waals surface area contributed by atoms with Crippen molar-refractivity contribution in [1.82, 2.24) is 15.8 Å². The molecule has 9 heavy (non-hydrogen) atoms. The molecule has 1 aliphatic rings. The van der Waals surface area contributed by atoms with Gasteiger partial charge in [0.05, 0.1) is 12.4 Å². The van der Waals surface area contributed by atoms with Crippen molar-refractivity contribution in [3.05, 3.63) is 12.0 Å². The number of hydrogen-bond donors (Lipinski definition) is 3. The Morgan fingerprint density at radius 3 is 2.89 bits per heavy atom. The van der Waals surface area contributed by atoms with Crippen LogP contribution in [-0.4, -0.2) is 18.1 Å². The third-order valence-corrected chi connectivity index (χ3v) is 1.50. The van der Waals surface area contributed by atoms with Crippen molar-refractivity contribution in [2.75, 3.05) is 7.05 Å². The van der Waals surface area contributed by atoms with Crippen molar-refractivity contribution in [1.29, 1.82) is 0 Å². The van der Waals surface area contributed by atoms with E-state index in [4.69, 9.17) is 5.73 Å². The van der Waals surface area contributed by atoms with Gasteiger partial charge in [0, 0.05) is 7.05 Å². The minimum absolute atomic E-state index is 0.259. The molecule has 0 saturated heterocycles. The molecule has 0 aromatic heterocycles. The van der Waals surface area contributed by atoms with Crippen LogP contribution in [0, 0.1) is 0 Å². The van der Waals surface area contributed by atoms with Gasteiger partial charge >= 0.3 is 0 Å². The lowest BCUT2D eigenvalue weighted by Gasteiger charge is -2.31. The second-order valence-electron chi connectivity index (χ2n) is 2.14. The molecule has 0 fully saturated rings. The number of nitrogens with two attached hydrogens (primary N) is 1. The average Bonchev–Trinajstić information content (AvgIpc) is 1.83. The summed E-state index contributed by atoms with van der Waals surface area (Å²) in [6.07, 6.45) is 1.98. The van der Waals surface area contributed by atoms with Crippen LogP contribution in [0.25, 0.3) is 0 Å². The van der Waals surface area contributed by atoms with Crippen LogP contribution >= 0.6 is 0 Å². The fourth-order valence-corrected chi connectivity index (χ4v) is 0.658. The zero-order valence-corrected chi connectivity index (χ0v) is 5.68. The largest absolute Gasteiger partial charge is 0.384 e. The van der Waals surface area contributed by atoms with Crippen LogP contribution in [0.15, 0.2) is 12.0 Å². The van der Waals surface area contributed by atoms with Gasteiger partial charge in [0.1, 0.15) is 5.82 Å². The first-order valence-corrected chi connectivity index (χ1v) is 2.91. The Balaban J connectivity index is 2.62. The third-order valence-electron chi connectivity index (χ3n) is 1.50. The predicted octanol–water partition coefficient (Wildman–Crippen LogP) is -0.870. The van der Waals surface area contributed by atoms with Crippen molar-refractivity contribution >= 4 is 0 Å². The molecular weight excluding hydrogens is 116 g/mol. The van der Waals surface area contributed by atoms with Gasteiger partial charge in [0.25, 0.3) is 0 Å². The number of hydrogen-bond acceptors (Lipinski definition) is 4. The molecule has 1 rings (SSSR count). The Morgan fingerprint density at radius 1 is 1.78 bits per heavy atom.